The van der Waals surface area contributed by atoms with E-state index in [2.05, 4.69) is 25.5 Å². The lowest BCUT2D eigenvalue weighted by Gasteiger charge is -2.09. The number of para-hydroxylation sites is 2. The van der Waals surface area contributed by atoms with Gasteiger partial charge in [0.25, 0.3) is 5.91 Å². The zero-order valence-corrected chi connectivity index (χ0v) is 15.2. The van der Waals surface area contributed by atoms with Gasteiger partial charge in [0.15, 0.2) is 11.6 Å². The average Bonchev–Trinajstić information content (AvgIpc) is 3.33. The van der Waals surface area contributed by atoms with Crippen LogP contribution in [-0.2, 0) is 0 Å². The van der Waals surface area contributed by atoms with Crippen LogP contribution < -0.4 is 10.1 Å². The molecule has 2 aromatic carbocycles. The van der Waals surface area contributed by atoms with E-state index in [-0.39, 0.29) is 19.1 Å². The van der Waals surface area contributed by atoms with Crippen LogP contribution in [0.1, 0.15) is 15.9 Å². The van der Waals surface area contributed by atoms with Gasteiger partial charge >= 0.3 is 0 Å². The van der Waals surface area contributed by atoms with E-state index in [1.54, 1.807) is 24.3 Å². The minimum atomic E-state index is -0.278. The van der Waals surface area contributed by atoms with Gasteiger partial charge in [0.2, 0.25) is 0 Å². The Morgan fingerprint density at radius 3 is 2.86 bits per heavy atom. The van der Waals surface area contributed by atoms with Crippen LogP contribution in [0.4, 0.5) is 5.82 Å². The Morgan fingerprint density at radius 2 is 2.07 bits per heavy atom. The molecule has 4 rings (SSSR count). The van der Waals surface area contributed by atoms with E-state index in [0.29, 0.717) is 28.6 Å². The molecule has 0 bridgehead atoms. The van der Waals surface area contributed by atoms with Crippen molar-refractivity contribution in [1.29, 1.82) is 0 Å². The molecule has 28 heavy (non-hydrogen) atoms. The van der Waals surface area contributed by atoms with Gasteiger partial charge in [-0.15, -0.1) is 0 Å². The van der Waals surface area contributed by atoms with Crippen LogP contribution in [0.15, 0.2) is 48.5 Å². The molecule has 142 valence electrons. The highest BCUT2D eigenvalue weighted by Gasteiger charge is 2.13. The van der Waals surface area contributed by atoms with Crippen molar-refractivity contribution in [1.82, 2.24) is 20.2 Å². The highest BCUT2D eigenvalue weighted by Crippen LogP contribution is 2.22. The zero-order valence-electron chi connectivity index (χ0n) is 15.2. The Hall–Kier alpha value is -3.65. The van der Waals surface area contributed by atoms with E-state index >= 15 is 0 Å². The molecule has 2 heterocycles. The summed E-state index contributed by atoms with van der Waals surface area (Å²) in [5.74, 6) is 1.41. The first-order valence-corrected chi connectivity index (χ1v) is 8.80. The fraction of sp³-hybridized carbons (Fsp3) is 0.150. The number of nitrogens with one attached hydrogen (secondary N) is 3. The fourth-order valence-corrected chi connectivity index (χ4v) is 2.88. The number of imidazole rings is 1. The van der Waals surface area contributed by atoms with E-state index in [1.165, 1.54) is 0 Å². The van der Waals surface area contributed by atoms with Crippen LogP contribution in [-0.4, -0.2) is 44.4 Å². The molecule has 0 aliphatic carbocycles. The molecule has 0 atom stereocenters. The predicted molar refractivity (Wildman–Crippen MR) is 105 cm³/mol. The highest BCUT2D eigenvalue weighted by atomic mass is 16.5. The molecule has 0 spiro atoms. The average molecular weight is 377 g/mol. The van der Waals surface area contributed by atoms with E-state index in [0.717, 1.165) is 16.6 Å². The van der Waals surface area contributed by atoms with Gasteiger partial charge in [0, 0.05) is 11.6 Å². The minimum absolute atomic E-state index is 0.0611. The molecule has 0 aliphatic heterocycles. The maximum Gasteiger partial charge on any atom is 0.256 e. The van der Waals surface area contributed by atoms with E-state index in [4.69, 9.17) is 9.84 Å². The van der Waals surface area contributed by atoms with Crippen molar-refractivity contribution in [2.75, 3.05) is 18.5 Å². The molecule has 4 N–H and O–H groups in total. The minimum Gasteiger partial charge on any atom is -0.491 e. The number of carbonyl (C=O) groups excluding carboxylic acids is 1. The summed E-state index contributed by atoms with van der Waals surface area (Å²) in [5.41, 5.74) is 3.76. The Bertz CT molecular complexity index is 1100. The van der Waals surface area contributed by atoms with Crippen LogP contribution in [0.2, 0.25) is 0 Å². The van der Waals surface area contributed by atoms with Crippen LogP contribution in [0.25, 0.3) is 22.6 Å². The molecule has 0 radical (unpaired) electrons. The number of aromatic nitrogens is 4. The van der Waals surface area contributed by atoms with Crippen molar-refractivity contribution in [3.8, 4) is 17.3 Å². The van der Waals surface area contributed by atoms with Gasteiger partial charge in [0.1, 0.15) is 18.1 Å². The number of aliphatic hydroxyl groups excluding tert-OH is 1. The number of aromatic amines is 2. The number of anilines is 1. The molecule has 0 unspecified atom stereocenters. The van der Waals surface area contributed by atoms with Crippen molar-refractivity contribution in [3.63, 3.8) is 0 Å². The topological polar surface area (TPSA) is 116 Å². The van der Waals surface area contributed by atoms with Gasteiger partial charge in [-0.3, -0.25) is 9.89 Å². The van der Waals surface area contributed by atoms with Gasteiger partial charge in [0.05, 0.1) is 17.6 Å². The molecule has 0 aliphatic rings. The molecular weight excluding hydrogens is 358 g/mol. The first-order valence-electron chi connectivity index (χ1n) is 8.80. The second-order valence-corrected chi connectivity index (χ2v) is 6.28. The summed E-state index contributed by atoms with van der Waals surface area (Å²) in [5, 5.41) is 18.6. The first kappa shape index (κ1) is 17.7. The number of aryl methyl sites for hydroxylation is 1. The number of hydrogen-bond acceptors (Lipinski definition) is 5. The lowest BCUT2D eigenvalue weighted by atomic mass is 10.1. The molecule has 1 amide bonds. The summed E-state index contributed by atoms with van der Waals surface area (Å²) in [6.45, 7) is 2.00. The summed E-state index contributed by atoms with van der Waals surface area (Å²) < 4.78 is 5.41. The third-order valence-electron chi connectivity index (χ3n) is 4.25. The fourth-order valence-electron chi connectivity index (χ4n) is 2.88. The van der Waals surface area contributed by atoms with Gasteiger partial charge in [-0.25, -0.2) is 4.98 Å². The number of rotatable bonds is 6. The van der Waals surface area contributed by atoms with Crippen LogP contribution in [0.5, 0.6) is 5.75 Å². The van der Waals surface area contributed by atoms with E-state index < -0.39 is 0 Å². The molecule has 0 fully saturated rings. The molecule has 8 heteroatoms. The van der Waals surface area contributed by atoms with Crippen molar-refractivity contribution >= 4 is 22.8 Å². The Morgan fingerprint density at radius 1 is 1.21 bits per heavy atom. The number of nitrogens with zero attached hydrogens (tertiary/aromatic N) is 2. The third-order valence-corrected chi connectivity index (χ3v) is 4.25. The number of aliphatic hydroxyl groups is 1. The second-order valence-electron chi connectivity index (χ2n) is 6.28. The number of benzene rings is 2. The molecule has 4 aromatic rings. The number of fused-ring (bicyclic) bond motifs is 1. The summed E-state index contributed by atoms with van der Waals surface area (Å²) in [6, 6.07) is 14.6. The van der Waals surface area contributed by atoms with Crippen molar-refractivity contribution in [3.05, 3.63) is 59.7 Å². The lowest BCUT2D eigenvalue weighted by Crippen LogP contribution is -2.12. The second kappa shape index (κ2) is 7.53. The van der Waals surface area contributed by atoms with Crippen LogP contribution in [0.3, 0.4) is 0 Å². The number of carbonyl (C=O) groups is 1. The third kappa shape index (κ3) is 3.58. The highest BCUT2D eigenvalue weighted by molar-refractivity contribution is 6.04. The van der Waals surface area contributed by atoms with E-state index in [9.17, 15) is 4.79 Å². The quantitative estimate of drug-likeness (QED) is 0.412. The molecular formula is C20H19N5O3. The lowest BCUT2D eigenvalue weighted by molar-refractivity contribution is 0.102. The number of amides is 1. The largest absolute Gasteiger partial charge is 0.491 e. The smallest absolute Gasteiger partial charge is 0.256 e. The summed E-state index contributed by atoms with van der Waals surface area (Å²) in [7, 11) is 0. The summed E-state index contributed by atoms with van der Waals surface area (Å²) in [4.78, 5) is 20.2. The SMILES string of the molecule is Cc1cc(C(=O)Nc2cc(-c3nc4ccccc4[nH]3)[nH]n2)ccc1OCCO. The standard InChI is InChI=1S/C20H19N5O3/c1-12-10-13(6-7-17(12)28-9-8-26)20(27)23-18-11-16(24-25-18)19-21-14-4-2-3-5-15(14)22-19/h2-7,10-11,26H,8-9H2,1H3,(H,21,22)(H2,23,24,25,27). The Kier molecular flexibility index (Phi) is 4.77. The molecule has 0 saturated carbocycles. The first-order chi connectivity index (χ1) is 13.6. The number of ether oxygens (including phenoxy) is 1. The van der Waals surface area contributed by atoms with Crippen LogP contribution in [0, 0.1) is 6.92 Å². The van der Waals surface area contributed by atoms with Crippen LogP contribution >= 0.6 is 0 Å². The summed E-state index contributed by atoms with van der Waals surface area (Å²) >= 11 is 0. The Labute approximate surface area is 160 Å². The maximum atomic E-state index is 12.5. The van der Waals surface area contributed by atoms with Gasteiger partial charge in [-0.1, -0.05) is 12.1 Å². The number of H-pyrrole nitrogens is 2. The number of hydrogen-bond donors (Lipinski definition) is 4. The van der Waals surface area contributed by atoms with Gasteiger partial charge < -0.3 is 20.1 Å². The maximum absolute atomic E-state index is 12.5. The Balaban J connectivity index is 1.49. The van der Waals surface area contributed by atoms with E-state index in [1.807, 2.05) is 31.2 Å². The molecule has 8 nitrogen and oxygen atoms in total. The van der Waals surface area contributed by atoms with Crippen molar-refractivity contribution < 1.29 is 14.6 Å². The van der Waals surface area contributed by atoms with Gasteiger partial charge in [-0.2, -0.15) is 5.10 Å². The zero-order chi connectivity index (χ0) is 19.5. The molecule has 0 saturated heterocycles. The summed E-state index contributed by atoms with van der Waals surface area (Å²) in [6.07, 6.45) is 0. The van der Waals surface area contributed by atoms with Crippen molar-refractivity contribution in [2.45, 2.75) is 6.92 Å². The van der Waals surface area contributed by atoms with Gasteiger partial charge in [-0.05, 0) is 42.8 Å². The monoisotopic (exact) mass is 377 g/mol. The molecule has 2 aromatic heterocycles. The predicted octanol–water partition coefficient (Wildman–Crippen LogP) is 2.88. The van der Waals surface area contributed by atoms with Crippen molar-refractivity contribution in [2.24, 2.45) is 0 Å². The normalized spacial score (nSPS) is 10.9.